The number of carboxylic acids is 1. The maximum atomic E-state index is 13.2. The lowest BCUT2D eigenvalue weighted by Crippen LogP contribution is -2.43. The minimum Gasteiger partial charge on any atom is -0.478 e. The molecule has 1 amide bonds. The van der Waals surface area contributed by atoms with Crippen LogP contribution in [0.25, 0.3) is 22.5 Å². The number of carbonyl (C=O) groups is 2. The molecule has 64 heavy (non-hydrogen) atoms. The summed E-state index contributed by atoms with van der Waals surface area (Å²) in [6, 6.07) is 31.5. The molecule has 6 aromatic rings. The molecule has 2 aliphatic rings. The highest BCUT2D eigenvalue weighted by atomic mass is 19.1. The van der Waals surface area contributed by atoms with Crippen molar-refractivity contribution in [2.45, 2.75) is 60.8 Å². The number of nitrogens with one attached hydrogen (secondary N) is 1. The molecular weight excluding hydrogens is 811 g/mol. The number of pyridine rings is 4. The maximum Gasteiger partial charge on any atom is 0.337 e. The van der Waals surface area contributed by atoms with Gasteiger partial charge >= 0.3 is 5.97 Å². The molecule has 11 nitrogen and oxygen atoms in total. The fraction of sp³-hybridized carbons (Fsp3) is 0.294. The van der Waals surface area contributed by atoms with Crippen molar-refractivity contribution in [1.82, 2.24) is 30.2 Å². The number of piperidine rings is 2. The molecule has 2 aromatic carbocycles. The largest absolute Gasteiger partial charge is 0.478 e. The number of nitrogens with zero attached hydrogens (tertiary/aromatic N) is 7. The summed E-state index contributed by atoms with van der Waals surface area (Å²) < 4.78 is 25.9. The van der Waals surface area contributed by atoms with Gasteiger partial charge in [0, 0.05) is 61.4 Å². The number of hydrogen-bond donors (Lipinski definition) is 2. The second kappa shape index (κ2) is 24.4. The molecule has 0 unspecified atom stereocenters. The average molecular weight is 867 g/mol. The Morgan fingerprint density at radius 3 is 1.47 bits per heavy atom. The van der Waals surface area contributed by atoms with Crippen LogP contribution in [0.1, 0.15) is 79.8 Å². The van der Waals surface area contributed by atoms with E-state index in [1.54, 1.807) is 96.7 Å². The first-order chi connectivity index (χ1) is 29.6. The topological polar surface area (TPSA) is 169 Å². The number of carbonyl (C=O) groups excluding carboxylic acids is 1. The van der Waals surface area contributed by atoms with Gasteiger partial charge in [0.25, 0.3) is 5.91 Å². The summed E-state index contributed by atoms with van der Waals surface area (Å²) in [4.78, 5) is 42.5. The molecule has 4 aromatic heterocycles. The number of carboxylic acid groups (broad SMARTS) is 1. The van der Waals surface area contributed by atoms with Crippen LogP contribution in [-0.4, -0.2) is 68.0 Å². The summed E-state index contributed by atoms with van der Waals surface area (Å²) >= 11 is 0. The quantitative estimate of drug-likeness (QED) is 0.150. The Labute approximate surface area is 375 Å². The zero-order chi connectivity index (χ0) is 43.1. The van der Waals surface area contributed by atoms with E-state index in [4.69, 9.17) is 5.11 Å². The number of aromatic carboxylic acids is 1. The summed E-state index contributed by atoms with van der Waals surface area (Å²) in [5, 5.41) is 31.4. The third kappa shape index (κ3) is 13.4. The van der Waals surface area contributed by atoms with Crippen LogP contribution in [0.15, 0.2) is 134 Å². The fourth-order valence-corrected chi connectivity index (χ4v) is 7.48. The van der Waals surface area contributed by atoms with E-state index in [0.717, 1.165) is 49.0 Å². The Hall–Kier alpha value is -7.22. The Morgan fingerprint density at radius 1 is 0.625 bits per heavy atom. The lowest BCUT2D eigenvalue weighted by molar-refractivity contribution is 0.0646. The van der Waals surface area contributed by atoms with Gasteiger partial charge in [-0.25, -0.2) is 13.6 Å². The number of likely N-dealkylation sites (tertiary alicyclic amines) is 1. The Balaban J connectivity index is 0.000000272. The molecule has 13 heteroatoms. The molecule has 0 aliphatic carbocycles. The summed E-state index contributed by atoms with van der Waals surface area (Å²) in [6.45, 7) is 2.79. The van der Waals surface area contributed by atoms with Crippen LogP contribution >= 0.6 is 0 Å². The summed E-state index contributed by atoms with van der Waals surface area (Å²) in [7, 11) is 0. The van der Waals surface area contributed by atoms with Crippen molar-refractivity contribution in [2.75, 3.05) is 26.2 Å². The van der Waals surface area contributed by atoms with E-state index in [1.165, 1.54) is 30.3 Å². The van der Waals surface area contributed by atoms with Gasteiger partial charge in [-0.3, -0.25) is 24.7 Å². The summed E-state index contributed by atoms with van der Waals surface area (Å²) in [5.41, 5.74) is 4.44. The molecule has 0 saturated carbocycles. The highest BCUT2D eigenvalue weighted by Gasteiger charge is 2.37. The summed E-state index contributed by atoms with van der Waals surface area (Å²) in [5.74, 6) is -1.58. The van der Waals surface area contributed by atoms with Crippen LogP contribution in [-0.2, 0) is 12.8 Å². The van der Waals surface area contributed by atoms with Gasteiger partial charge < -0.3 is 15.3 Å². The monoisotopic (exact) mass is 866 g/mol. The van der Waals surface area contributed by atoms with Gasteiger partial charge in [-0.1, -0.05) is 46.5 Å². The van der Waals surface area contributed by atoms with Crippen molar-refractivity contribution in [3.05, 3.63) is 168 Å². The van der Waals surface area contributed by atoms with E-state index in [2.05, 4.69) is 37.4 Å². The van der Waals surface area contributed by atoms with E-state index in [9.17, 15) is 28.9 Å². The number of halogens is 2. The predicted molar refractivity (Wildman–Crippen MR) is 246 cm³/mol. The van der Waals surface area contributed by atoms with Crippen molar-refractivity contribution in [3.63, 3.8) is 0 Å². The van der Waals surface area contributed by atoms with Crippen LogP contribution in [0.2, 0.25) is 0 Å². The predicted octanol–water partition coefficient (Wildman–Crippen LogP) is 10.3. The first-order valence-electron chi connectivity index (χ1n) is 19.9. The number of aromatic nitrogens is 4. The molecule has 2 N–H and O–H groups in total. The minimum absolute atomic E-state index is 0. The fourth-order valence-electron chi connectivity index (χ4n) is 7.48. The van der Waals surface area contributed by atoms with E-state index < -0.39 is 11.4 Å². The highest BCUT2D eigenvalue weighted by molar-refractivity contribution is 6.00. The zero-order valence-electron chi connectivity index (χ0n) is 33.4. The van der Waals surface area contributed by atoms with E-state index in [1.807, 2.05) is 12.1 Å². The van der Waals surface area contributed by atoms with Crippen molar-refractivity contribution >= 4 is 11.9 Å². The third-order valence-electron chi connectivity index (χ3n) is 10.9. The Kier molecular flexibility index (Phi) is 19.5. The van der Waals surface area contributed by atoms with Crippen LogP contribution in [0.5, 0.6) is 0 Å². The molecule has 8 rings (SSSR count). The van der Waals surface area contributed by atoms with E-state index in [0.29, 0.717) is 54.9 Å². The number of benzene rings is 2. The van der Waals surface area contributed by atoms with Crippen molar-refractivity contribution in [3.8, 4) is 34.7 Å². The standard InChI is InChI=1S/C24H21FN4O.C13H15FN2.C11H8N2O2.3CH4/c25-20-7-5-18(6-8-20)15-24(17-26)9-13-29(14-10-24)23(30)21-4-2-12-28-22(21)19-3-1-11-27-16-19;14-12-3-1-11(2-4-12)9-13(10-15)5-7-16-8-6-13;14-11(15)9-4-2-6-13-10(9)8-3-1-5-12-7-8;;;/h1-8,11-12,16H,9-10,13-15H2;1-4,16H,5-9H2;1-7H,(H,14,15);3*1H4. The van der Waals surface area contributed by atoms with Crippen LogP contribution in [0, 0.1) is 45.1 Å². The van der Waals surface area contributed by atoms with Gasteiger partial charge in [0.05, 0.1) is 45.5 Å². The van der Waals surface area contributed by atoms with Gasteiger partial charge in [0.15, 0.2) is 0 Å². The second-order valence-electron chi connectivity index (χ2n) is 15.0. The second-order valence-corrected chi connectivity index (χ2v) is 15.0. The third-order valence-corrected chi connectivity index (χ3v) is 10.9. The minimum atomic E-state index is -0.984. The molecular formula is C51H56F2N8O3. The number of nitriles is 2. The molecule has 0 spiro atoms. The highest BCUT2D eigenvalue weighted by Crippen LogP contribution is 2.36. The van der Waals surface area contributed by atoms with Crippen molar-refractivity contribution in [1.29, 1.82) is 10.5 Å². The Morgan fingerprint density at radius 2 is 1.05 bits per heavy atom. The van der Waals surface area contributed by atoms with Crippen LogP contribution in [0.3, 0.4) is 0 Å². The molecule has 0 atom stereocenters. The van der Waals surface area contributed by atoms with Crippen molar-refractivity contribution < 1.29 is 23.5 Å². The Bertz CT molecular complexity index is 2460. The van der Waals surface area contributed by atoms with Crippen LogP contribution < -0.4 is 5.32 Å². The summed E-state index contributed by atoms with van der Waals surface area (Å²) in [6.07, 6.45) is 14.0. The smallest absolute Gasteiger partial charge is 0.337 e. The van der Waals surface area contributed by atoms with Gasteiger partial charge in [-0.15, -0.1) is 0 Å². The molecule has 2 fully saturated rings. The van der Waals surface area contributed by atoms with Gasteiger partial charge in [0.1, 0.15) is 11.6 Å². The molecule has 6 heterocycles. The number of rotatable bonds is 8. The first kappa shape index (κ1) is 51.1. The van der Waals surface area contributed by atoms with E-state index in [-0.39, 0.29) is 50.8 Å². The van der Waals surface area contributed by atoms with Gasteiger partial charge in [-0.2, -0.15) is 10.5 Å². The lowest BCUT2D eigenvalue weighted by atomic mass is 9.75. The number of amides is 1. The zero-order valence-corrected chi connectivity index (χ0v) is 33.4. The average Bonchev–Trinajstić information content (AvgIpc) is 3.32. The first-order valence-corrected chi connectivity index (χ1v) is 19.9. The maximum absolute atomic E-state index is 13.2. The number of hydrogen-bond acceptors (Lipinski definition) is 9. The van der Waals surface area contributed by atoms with Crippen LogP contribution in [0.4, 0.5) is 8.78 Å². The molecule has 0 radical (unpaired) electrons. The van der Waals surface area contributed by atoms with Gasteiger partial charge in [0.2, 0.25) is 0 Å². The molecule has 332 valence electrons. The van der Waals surface area contributed by atoms with E-state index >= 15 is 0 Å². The molecule has 0 bridgehead atoms. The SMILES string of the molecule is C.C.C.N#CC1(Cc2ccc(F)cc2)CCN(C(=O)c2cccnc2-c2cccnc2)CC1.N#CC1(Cc2ccc(F)cc2)CCNCC1.O=C(O)c1cccnc1-c1cccnc1. The van der Waals surface area contributed by atoms with Gasteiger partial charge in [-0.05, 0) is 136 Å². The normalized spacial score (nSPS) is 14.3. The molecule has 2 saturated heterocycles. The molecule has 2 aliphatic heterocycles. The van der Waals surface area contributed by atoms with Crippen molar-refractivity contribution in [2.24, 2.45) is 10.8 Å². The lowest BCUT2D eigenvalue weighted by Gasteiger charge is -2.37.